The van der Waals surface area contributed by atoms with E-state index in [9.17, 15) is 9.59 Å². The van der Waals surface area contributed by atoms with E-state index in [-0.39, 0.29) is 23.5 Å². The Labute approximate surface area is 196 Å². The number of nitrogens with one attached hydrogen (secondary N) is 1. The maximum absolute atomic E-state index is 13.0. The number of thiophene rings is 1. The highest BCUT2D eigenvalue weighted by Crippen LogP contribution is 2.28. The van der Waals surface area contributed by atoms with Crippen molar-refractivity contribution in [1.29, 1.82) is 0 Å². The molecule has 0 bridgehead atoms. The van der Waals surface area contributed by atoms with E-state index in [1.165, 1.54) is 16.6 Å². The van der Waals surface area contributed by atoms with Crippen molar-refractivity contribution < 1.29 is 9.59 Å². The van der Waals surface area contributed by atoms with E-state index in [2.05, 4.69) is 24.2 Å². The normalized spacial score (nSPS) is 15.1. The minimum Gasteiger partial charge on any atom is -0.325 e. The largest absolute Gasteiger partial charge is 0.325 e. The average Bonchev–Trinajstić information content (AvgIpc) is 3.30. The van der Waals surface area contributed by atoms with Gasteiger partial charge in [0.2, 0.25) is 5.91 Å². The zero-order valence-electron chi connectivity index (χ0n) is 18.3. The van der Waals surface area contributed by atoms with Gasteiger partial charge in [0, 0.05) is 27.4 Å². The highest BCUT2D eigenvalue weighted by atomic mass is 32.2. The number of hydrogen-bond donors (Lipinski definition) is 1. The lowest BCUT2D eigenvalue weighted by Crippen LogP contribution is -2.34. The summed E-state index contributed by atoms with van der Waals surface area (Å²) in [6, 6.07) is 17.8. The number of aliphatic imine (C=N–C) groups is 1. The minimum atomic E-state index is -0.127. The molecule has 32 heavy (non-hydrogen) atoms. The molecular weight excluding hydrogens is 438 g/mol. The number of thioether (sulfide) groups is 1. The van der Waals surface area contributed by atoms with Gasteiger partial charge in [-0.05, 0) is 42.5 Å². The number of amides is 2. The molecule has 5 nitrogen and oxygen atoms in total. The van der Waals surface area contributed by atoms with E-state index in [1.807, 2.05) is 67.6 Å². The van der Waals surface area contributed by atoms with Crippen LogP contribution in [0, 0.1) is 12.8 Å². The van der Waals surface area contributed by atoms with E-state index < -0.39 is 0 Å². The first-order valence-corrected chi connectivity index (χ1v) is 12.3. The molecule has 2 heterocycles. The molecular formula is C25H25N3O2S2. The Morgan fingerprint density at radius 1 is 1.16 bits per heavy atom. The SMILES string of the molecule is Cc1ccc(/C=C2/N=C(SCC(=O)Nc3cccc4ccccc34)N(CC(C)C)C2=O)s1. The fourth-order valence-corrected chi connectivity index (χ4v) is 5.11. The smallest absolute Gasteiger partial charge is 0.278 e. The van der Waals surface area contributed by atoms with Crippen molar-refractivity contribution in [1.82, 2.24) is 4.90 Å². The average molecular weight is 464 g/mol. The third-order valence-electron chi connectivity index (χ3n) is 4.90. The van der Waals surface area contributed by atoms with Crippen molar-refractivity contribution in [3.63, 3.8) is 0 Å². The Morgan fingerprint density at radius 2 is 1.94 bits per heavy atom. The molecule has 1 aliphatic heterocycles. The van der Waals surface area contributed by atoms with Crippen LogP contribution < -0.4 is 5.32 Å². The van der Waals surface area contributed by atoms with Gasteiger partial charge < -0.3 is 5.32 Å². The molecule has 1 aliphatic rings. The van der Waals surface area contributed by atoms with Crippen LogP contribution >= 0.6 is 23.1 Å². The number of fused-ring (bicyclic) bond motifs is 1. The monoisotopic (exact) mass is 463 g/mol. The molecule has 0 aliphatic carbocycles. The molecule has 1 aromatic heterocycles. The van der Waals surface area contributed by atoms with Crippen molar-refractivity contribution in [2.75, 3.05) is 17.6 Å². The Hall–Kier alpha value is -2.90. The molecule has 164 valence electrons. The molecule has 2 amide bonds. The quantitative estimate of drug-likeness (QED) is 0.472. The van der Waals surface area contributed by atoms with Gasteiger partial charge in [0.05, 0.1) is 5.75 Å². The third kappa shape index (κ3) is 5.11. The Morgan fingerprint density at radius 3 is 2.69 bits per heavy atom. The van der Waals surface area contributed by atoms with Crippen LogP contribution in [-0.2, 0) is 9.59 Å². The summed E-state index contributed by atoms with van der Waals surface area (Å²) < 4.78 is 0. The van der Waals surface area contributed by atoms with E-state index in [1.54, 1.807) is 16.2 Å². The molecule has 3 aromatic rings. The van der Waals surface area contributed by atoms with Crippen molar-refractivity contribution in [2.45, 2.75) is 20.8 Å². The molecule has 0 saturated carbocycles. The highest BCUT2D eigenvalue weighted by molar-refractivity contribution is 8.14. The summed E-state index contributed by atoms with van der Waals surface area (Å²) in [5.41, 5.74) is 1.20. The van der Waals surface area contributed by atoms with Crippen molar-refractivity contribution in [3.05, 3.63) is 70.0 Å². The summed E-state index contributed by atoms with van der Waals surface area (Å²) in [6.07, 6.45) is 1.83. The van der Waals surface area contributed by atoms with Crippen molar-refractivity contribution >= 4 is 62.6 Å². The maximum Gasteiger partial charge on any atom is 0.278 e. The van der Waals surface area contributed by atoms with Crippen molar-refractivity contribution in [3.8, 4) is 0 Å². The lowest BCUT2D eigenvalue weighted by molar-refractivity contribution is -0.122. The fourth-order valence-electron chi connectivity index (χ4n) is 3.48. The molecule has 0 radical (unpaired) electrons. The van der Waals surface area contributed by atoms with Crippen LogP contribution in [0.5, 0.6) is 0 Å². The van der Waals surface area contributed by atoms with Crippen LogP contribution in [0.3, 0.4) is 0 Å². The Bertz CT molecular complexity index is 1220. The molecule has 0 fully saturated rings. The highest BCUT2D eigenvalue weighted by Gasteiger charge is 2.31. The second-order valence-electron chi connectivity index (χ2n) is 8.05. The van der Waals surface area contributed by atoms with Gasteiger partial charge in [0.25, 0.3) is 5.91 Å². The summed E-state index contributed by atoms with van der Waals surface area (Å²) in [6.45, 7) is 6.73. The Balaban J connectivity index is 1.49. The van der Waals surface area contributed by atoms with E-state index in [4.69, 9.17) is 0 Å². The lowest BCUT2D eigenvalue weighted by Gasteiger charge is -2.19. The first-order valence-electron chi connectivity index (χ1n) is 10.5. The zero-order chi connectivity index (χ0) is 22.7. The second kappa shape index (κ2) is 9.71. The molecule has 1 N–H and O–H groups in total. The van der Waals surface area contributed by atoms with Gasteiger partial charge >= 0.3 is 0 Å². The first-order chi connectivity index (χ1) is 15.4. The van der Waals surface area contributed by atoms with E-state index >= 15 is 0 Å². The second-order valence-corrected chi connectivity index (χ2v) is 10.3. The van der Waals surface area contributed by atoms with E-state index in [0.717, 1.165) is 21.3 Å². The predicted octanol–water partition coefficient (Wildman–Crippen LogP) is 5.78. The predicted molar refractivity (Wildman–Crippen MR) is 136 cm³/mol. The van der Waals surface area contributed by atoms with Gasteiger partial charge in [-0.2, -0.15) is 0 Å². The van der Waals surface area contributed by atoms with Gasteiger partial charge in [-0.15, -0.1) is 11.3 Å². The molecule has 0 unspecified atom stereocenters. The molecule has 0 saturated heterocycles. The van der Waals surface area contributed by atoms with Crippen LogP contribution in [0.15, 0.2) is 65.3 Å². The molecule has 2 aromatic carbocycles. The standard InChI is InChI=1S/C25H25N3O2S2/c1-16(2)14-28-24(30)22(13-19-12-11-17(3)32-19)27-25(28)31-15-23(29)26-21-10-6-8-18-7-4-5-9-20(18)21/h4-13,16H,14-15H2,1-3H3,(H,26,29)/b22-13+. The van der Waals surface area contributed by atoms with Crippen LogP contribution in [0.25, 0.3) is 16.8 Å². The number of hydrogen-bond acceptors (Lipinski definition) is 5. The molecule has 0 atom stereocenters. The number of anilines is 1. The fraction of sp³-hybridized carbons (Fsp3) is 0.240. The first kappa shape index (κ1) is 22.3. The number of rotatable bonds is 6. The summed E-state index contributed by atoms with van der Waals surface area (Å²) in [7, 11) is 0. The summed E-state index contributed by atoms with van der Waals surface area (Å²) in [4.78, 5) is 34.1. The topological polar surface area (TPSA) is 61.8 Å². The number of carbonyl (C=O) groups excluding carboxylic acids is 2. The van der Waals surface area contributed by atoms with Gasteiger partial charge in [0.15, 0.2) is 5.17 Å². The number of aryl methyl sites for hydroxylation is 1. The Kier molecular flexibility index (Phi) is 6.77. The molecule has 0 spiro atoms. The van der Waals surface area contributed by atoms with Crippen LogP contribution in [0.2, 0.25) is 0 Å². The number of carbonyl (C=O) groups is 2. The zero-order valence-corrected chi connectivity index (χ0v) is 19.9. The molecule has 7 heteroatoms. The molecule has 4 rings (SSSR count). The van der Waals surface area contributed by atoms with Gasteiger partial charge in [-0.25, -0.2) is 4.99 Å². The van der Waals surface area contributed by atoms with Gasteiger partial charge in [0.1, 0.15) is 5.70 Å². The van der Waals surface area contributed by atoms with Crippen LogP contribution in [0.4, 0.5) is 5.69 Å². The summed E-state index contributed by atoms with van der Waals surface area (Å²) in [5.74, 6) is 0.228. The lowest BCUT2D eigenvalue weighted by atomic mass is 10.1. The van der Waals surface area contributed by atoms with Gasteiger partial charge in [-0.3, -0.25) is 14.5 Å². The number of benzene rings is 2. The van der Waals surface area contributed by atoms with Crippen LogP contribution in [-0.4, -0.2) is 34.2 Å². The van der Waals surface area contributed by atoms with E-state index in [0.29, 0.717) is 17.4 Å². The third-order valence-corrected chi connectivity index (χ3v) is 6.82. The minimum absolute atomic E-state index is 0.110. The summed E-state index contributed by atoms with van der Waals surface area (Å²) in [5, 5.41) is 5.65. The van der Waals surface area contributed by atoms with Crippen LogP contribution in [0.1, 0.15) is 23.6 Å². The summed E-state index contributed by atoms with van der Waals surface area (Å²) >= 11 is 2.92. The maximum atomic E-state index is 13.0. The van der Waals surface area contributed by atoms with Crippen molar-refractivity contribution in [2.24, 2.45) is 10.9 Å². The number of amidine groups is 1. The van der Waals surface area contributed by atoms with Gasteiger partial charge in [-0.1, -0.05) is 62.0 Å². The number of nitrogens with zero attached hydrogens (tertiary/aromatic N) is 2.